The summed E-state index contributed by atoms with van der Waals surface area (Å²) in [6.07, 6.45) is 2.58. The molecule has 0 amide bonds. The van der Waals surface area contributed by atoms with Gasteiger partial charge in [0.1, 0.15) is 0 Å². The lowest BCUT2D eigenvalue weighted by Gasteiger charge is -2.35. The maximum absolute atomic E-state index is 12.5. The van der Waals surface area contributed by atoms with Gasteiger partial charge >= 0.3 is 0 Å². The minimum Gasteiger partial charge on any atom is -0.395 e. The number of thiophene rings is 1. The van der Waals surface area contributed by atoms with Crippen molar-refractivity contribution in [1.29, 1.82) is 0 Å². The van der Waals surface area contributed by atoms with Crippen molar-refractivity contribution >= 4 is 21.5 Å². The van der Waals surface area contributed by atoms with Crippen LogP contribution in [-0.2, 0) is 16.8 Å². The molecule has 1 aliphatic heterocycles. The lowest BCUT2D eigenvalue weighted by Crippen LogP contribution is -2.50. The molecule has 0 spiro atoms. The Balaban J connectivity index is 2.11. The van der Waals surface area contributed by atoms with Gasteiger partial charge in [0.2, 0.25) is 0 Å². The third-order valence-corrected chi connectivity index (χ3v) is 6.28. The van der Waals surface area contributed by atoms with Crippen LogP contribution in [0.2, 0.25) is 0 Å². The first kappa shape index (κ1) is 14.9. The van der Waals surface area contributed by atoms with Gasteiger partial charge in [-0.25, -0.2) is 0 Å². The highest BCUT2D eigenvalue weighted by molar-refractivity contribution is 7.86. The highest BCUT2D eigenvalue weighted by Crippen LogP contribution is 2.23. The summed E-state index contributed by atoms with van der Waals surface area (Å²) < 4.78 is 27.9. The van der Waals surface area contributed by atoms with Crippen LogP contribution in [-0.4, -0.2) is 48.4 Å². The van der Waals surface area contributed by atoms with Gasteiger partial charge in [0, 0.05) is 31.1 Å². The summed E-state index contributed by atoms with van der Waals surface area (Å²) >= 11 is 1.55. The topological polar surface area (TPSA) is 60.9 Å². The van der Waals surface area contributed by atoms with E-state index in [1.807, 2.05) is 17.5 Å². The van der Waals surface area contributed by atoms with Gasteiger partial charge in [0.15, 0.2) is 0 Å². The van der Waals surface area contributed by atoms with Crippen molar-refractivity contribution in [3.63, 3.8) is 0 Å². The number of hydrogen-bond acceptors (Lipinski definition) is 4. The fraction of sp³-hybridized carbons (Fsp3) is 0.667. The largest absolute Gasteiger partial charge is 0.395 e. The normalized spacial score (nSPS) is 21.9. The second kappa shape index (κ2) is 6.32. The molecule has 0 saturated carbocycles. The van der Waals surface area contributed by atoms with Gasteiger partial charge < -0.3 is 5.11 Å². The zero-order chi connectivity index (χ0) is 13.9. The zero-order valence-corrected chi connectivity index (χ0v) is 12.7. The van der Waals surface area contributed by atoms with E-state index in [0.717, 1.165) is 24.1 Å². The van der Waals surface area contributed by atoms with E-state index in [2.05, 4.69) is 0 Å². The van der Waals surface area contributed by atoms with E-state index in [4.69, 9.17) is 0 Å². The number of rotatable bonds is 5. The Morgan fingerprint density at radius 3 is 2.95 bits per heavy atom. The Hall–Kier alpha value is -0.470. The quantitative estimate of drug-likeness (QED) is 0.891. The molecule has 1 aromatic rings. The van der Waals surface area contributed by atoms with Gasteiger partial charge in [0.05, 0.1) is 6.61 Å². The molecule has 108 valence electrons. The first-order valence-corrected chi connectivity index (χ1v) is 8.69. The van der Waals surface area contributed by atoms with Crippen LogP contribution in [0.5, 0.6) is 0 Å². The number of hydrogen-bond donors (Lipinski definition) is 1. The molecule has 2 rings (SSSR count). The maximum Gasteiger partial charge on any atom is 0.282 e. The molecular weight excluding hydrogens is 284 g/mol. The number of aliphatic hydroxyl groups excluding tert-OH is 1. The molecule has 0 bridgehead atoms. The summed E-state index contributed by atoms with van der Waals surface area (Å²) in [7, 11) is -1.89. The van der Waals surface area contributed by atoms with Crippen molar-refractivity contribution in [2.75, 3.05) is 20.2 Å². The minimum absolute atomic E-state index is 0.105. The fourth-order valence-corrected chi connectivity index (χ4v) is 4.75. The molecule has 5 nitrogen and oxygen atoms in total. The summed E-state index contributed by atoms with van der Waals surface area (Å²) in [6, 6.07) is 3.57. The molecule has 7 heteroatoms. The highest BCUT2D eigenvalue weighted by Gasteiger charge is 2.34. The first-order valence-electron chi connectivity index (χ1n) is 6.42. The molecule has 1 atom stereocenters. The summed E-state index contributed by atoms with van der Waals surface area (Å²) in [5, 5.41) is 11.3. The van der Waals surface area contributed by atoms with Crippen LogP contribution in [0, 0.1) is 0 Å². The average molecular weight is 304 g/mol. The van der Waals surface area contributed by atoms with Crippen LogP contribution in [0.3, 0.4) is 0 Å². The third kappa shape index (κ3) is 3.35. The molecule has 1 aliphatic rings. The van der Waals surface area contributed by atoms with Crippen LogP contribution in [0.4, 0.5) is 0 Å². The van der Waals surface area contributed by atoms with Gasteiger partial charge in [-0.3, -0.25) is 0 Å². The Labute approximate surface area is 118 Å². The van der Waals surface area contributed by atoms with Crippen molar-refractivity contribution in [2.45, 2.75) is 31.8 Å². The molecule has 1 fully saturated rings. The summed E-state index contributed by atoms with van der Waals surface area (Å²) in [5.74, 6) is 0. The molecule has 1 aromatic heterocycles. The Morgan fingerprint density at radius 1 is 1.53 bits per heavy atom. The van der Waals surface area contributed by atoms with Crippen molar-refractivity contribution < 1.29 is 13.5 Å². The number of aliphatic hydroxyl groups is 1. The van der Waals surface area contributed by atoms with Gasteiger partial charge in [-0.05, 0) is 24.3 Å². The van der Waals surface area contributed by atoms with Crippen LogP contribution in [0.1, 0.15) is 24.1 Å². The first-order chi connectivity index (χ1) is 9.05. The van der Waals surface area contributed by atoms with Crippen LogP contribution < -0.4 is 0 Å². The second-order valence-corrected chi connectivity index (χ2v) is 7.81. The molecule has 0 aromatic carbocycles. The van der Waals surface area contributed by atoms with Crippen molar-refractivity contribution in [3.05, 3.63) is 22.4 Å². The van der Waals surface area contributed by atoms with Crippen LogP contribution >= 0.6 is 11.3 Å². The van der Waals surface area contributed by atoms with E-state index >= 15 is 0 Å². The SMILES string of the molecule is CN(Cc1cccs1)S(=O)(=O)N1CCCCC1CO. The Morgan fingerprint density at radius 2 is 2.32 bits per heavy atom. The van der Waals surface area contributed by atoms with Gasteiger partial charge in [0.25, 0.3) is 10.2 Å². The van der Waals surface area contributed by atoms with E-state index in [9.17, 15) is 13.5 Å². The van der Waals surface area contributed by atoms with E-state index in [-0.39, 0.29) is 12.6 Å². The lowest BCUT2D eigenvalue weighted by atomic mass is 10.1. The van der Waals surface area contributed by atoms with Gasteiger partial charge in [-0.1, -0.05) is 12.5 Å². The predicted molar refractivity (Wildman–Crippen MR) is 76.1 cm³/mol. The second-order valence-electron chi connectivity index (χ2n) is 4.79. The molecule has 0 aliphatic carbocycles. The minimum atomic E-state index is -3.49. The van der Waals surface area contributed by atoms with Crippen LogP contribution in [0.25, 0.3) is 0 Å². The van der Waals surface area contributed by atoms with E-state index in [0.29, 0.717) is 13.1 Å². The fourth-order valence-electron chi connectivity index (χ4n) is 2.34. The summed E-state index contributed by atoms with van der Waals surface area (Å²) in [5.41, 5.74) is 0. The monoisotopic (exact) mass is 304 g/mol. The van der Waals surface area contributed by atoms with Crippen molar-refractivity contribution in [2.24, 2.45) is 0 Å². The number of piperidine rings is 1. The molecular formula is C12H20N2O3S2. The van der Waals surface area contributed by atoms with Gasteiger partial charge in [-0.2, -0.15) is 17.0 Å². The maximum atomic E-state index is 12.5. The molecule has 2 heterocycles. The average Bonchev–Trinajstić information content (AvgIpc) is 2.91. The summed E-state index contributed by atoms with van der Waals surface area (Å²) in [6.45, 7) is 0.781. The molecule has 19 heavy (non-hydrogen) atoms. The molecule has 1 N–H and O–H groups in total. The molecule has 0 radical (unpaired) electrons. The standard InChI is InChI=1S/C12H20N2O3S2/c1-13(9-12-6-4-8-18-12)19(16,17)14-7-3-2-5-11(14)10-15/h4,6,8,11,15H,2-3,5,7,9-10H2,1H3. The lowest BCUT2D eigenvalue weighted by molar-refractivity contribution is 0.149. The van der Waals surface area contributed by atoms with Crippen LogP contribution in [0.15, 0.2) is 17.5 Å². The molecule has 1 unspecified atom stereocenters. The number of nitrogens with zero attached hydrogens (tertiary/aromatic N) is 2. The van der Waals surface area contributed by atoms with Crippen molar-refractivity contribution in [1.82, 2.24) is 8.61 Å². The highest BCUT2D eigenvalue weighted by atomic mass is 32.2. The summed E-state index contributed by atoms with van der Waals surface area (Å²) in [4.78, 5) is 1.02. The predicted octanol–water partition coefficient (Wildman–Crippen LogP) is 1.27. The van der Waals surface area contributed by atoms with Crippen molar-refractivity contribution in [3.8, 4) is 0 Å². The third-order valence-electron chi connectivity index (χ3n) is 3.43. The molecule has 1 saturated heterocycles. The van der Waals surface area contributed by atoms with E-state index in [1.165, 1.54) is 8.61 Å². The van der Waals surface area contributed by atoms with E-state index < -0.39 is 10.2 Å². The zero-order valence-electron chi connectivity index (χ0n) is 11.0. The Kier molecular flexibility index (Phi) is 4.97. The smallest absolute Gasteiger partial charge is 0.282 e. The van der Waals surface area contributed by atoms with E-state index in [1.54, 1.807) is 18.4 Å². The Bertz CT molecular complexity index is 487. The van der Waals surface area contributed by atoms with Gasteiger partial charge in [-0.15, -0.1) is 11.3 Å².